The molecule has 0 aliphatic heterocycles. The van der Waals surface area contributed by atoms with Crippen molar-refractivity contribution in [2.24, 2.45) is 11.8 Å². The minimum Gasteiger partial charge on any atom is -0.469 e. The van der Waals surface area contributed by atoms with Crippen LogP contribution in [0.25, 0.3) is 0 Å². The van der Waals surface area contributed by atoms with E-state index < -0.39 is 5.92 Å². The van der Waals surface area contributed by atoms with Gasteiger partial charge in [0.1, 0.15) is 0 Å². The van der Waals surface area contributed by atoms with E-state index in [1.165, 1.54) is 71.3 Å². The molecule has 2 unspecified atom stereocenters. The molecule has 156 valence electrons. The van der Waals surface area contributed by atoms with Crippen molar-refractivity contribution in [2.45, 2.75) is 96.8 Å². The summed E-state index contributed by atoms with van der Waals surface area (Å²) < 4.78 is 10.2. The van der Waals surface area contributed by atoms with E-state index in [0.29, 0.717) is 19.4 Å². The van der Waals surface area contributed by atoms with Crippen LogP contribution in [-0.2, 0) is 19.1 Å². The van der Waals surface area contributed by atoms with Gasteiger partial charge in [-0.15, -0.1) is 0 Å². The third-order valence-corrected chi connectivity index (χ3v) is 5.48. The largest absolute Gasteiger partial charge is 0.469 e. The second-order valence-corrected chi connectivity index (χ2v) is 7.74. The molecule has 0 saturated carbocycles. The Labute approximate surface area is 166 Å². The van der Waals surface area contributed by atoms with Gasteiger partial charge in [-0.1, -0.05) is 89.7 Å². The number of hydrogen-bond acceptors (Lipinski definition) is 4. The highest BCUT2D eigenvalue weighted by molar-refractivity contribution is 5.82. The number of ether oxygens (including phenoxy) is 2. The lowest BCUT2D eigenvalue weighted by Gasteiger charge is -2.24. The Morgan fingerprint density at radius 1 is 0.741 bits per heavy atom. The summed E-state index contributed by atoms with van der Waals surface area (Å²) in [5.41, 5.74) is 0. The van der Waals surface area contributed by atoms with E-state index in [0.717, 1.165) is 12.8 Å². The molecule has 0 aromatic carbocycles. The molecule has 1 rings (SSSR count). The lowest BCUT2D eigenvalue weighted by atomic mass is 9.83. The Morgan fingerprint density at radius 3 is 1.67 bits per heavy atom. The van der Waals surface area contributed by atoms with Gasteiger partial charge in [-0.3, -0.25) is 9.59 Å². The zero-order valence-corrected chi connectivity index (χ0v) is 17.5. The molecule has 1 aliphatic carbocycles. The summed E-state index contributed by atoms with van der Waals surface area (Å²) in [5, 5.41) is 0. The summed E-state index contributed by atoms with van der Waals surface area (Å²) in [6.07, 6.45) is 20.5. The highest BCUT2D eigenvalue weighted by Crippen LogP contribution is 2.28. The molecule has 0 N–H and O–H groups in total. The fraction of sp³-hybridized carbons (Fsp3) is 0.826. The predicted octanol–water partition coefficient (Wildman–Crippen LogP) is 5.99. The Bertz CT molecular complexity index is 430. The van der Waals surface area contributed by atoms with E-state index in [2.05, 4.69) is 6.92 Å². The second-order valence-electron chi connectivity index (χ2n) is 7.74. The first kappa shape index (κ1) is 23.7. The van der Waals surface area contributed by atoms with E-state index >= 15 is 0 Å². The smallest absolute Gasteiger partial charge is 0.310 e. The van der Waals surface area contributed by atoms with Gasteiger partial charge in [0.25, 0.3) is 0 Å². The molecule has 27 heavy (non-hydrogen) atoms. The molecular formula is C23H40O4. The van der Waals surface area contributed by atoms with Gasteiger partial charge in [0, 0.05) is 0 Å². The standard InChI is InChI=1S/C23H40O4/c1-3-4-5-6-7-8-9-10-11-12-13-16-19-27-23(25)21-18-15-14-17-20(21)22(24)26-2/h14-15,20-21H,3-13,16-19H2,1-2H3. The zero-order valence-electron chi connectivity index (χ0n) is 17.5. The van der Waals surface area contributed by atoms with Gasteiger partial charge in [0.05, 0.1) is 25.6 Å². The zero-order chi connectivity index (χ0) is 19.7. The number of hydrogen-bond donors (Lipinski definition) is 0. The Balaban J connectivity index is 1.99. The Morgan fingerprint density at radius 2 is 1.19 bits per heavy atom. The number of rotatable bonds is 15. The molecule has 0 radical (unpaired) electrons. The fourth-order valence-corrected chi connectivity index (χ4v) is 3.71. The number of esters is 2. The fourth-order valence-electron chi connectivity index (χ4n) is 3.71. The van der Waals surface area contributed by atoms with Gasteiger partial charge < -0.3 is 9.47 Å². The third-order valence-electron chi connectivity index (χ3n) is 5.48. The molecule has 0 bridgehead atoms. The van der Waals surface area contributed by atoms with Crippen LogP contribution in [0.5, 0.6) is 0 Å². The van der Waals surface area contributed by atoms with Gasteiger partial charge in [0.2, 0.25) is 0 Å². The van der Waals surface area contributed by atoms with Crippen molar-refractivity contribution < 1.29 is 19.1 Å². The van der Waals surface area contributed by atoms with Crippen LogP contribution < -0.4 is 0 Å². The maximum atomic E-state index is 12.3. The van der Waals surface area contributed by atoms with Crippen molar-refractivity contribution >= 4 is 11.9 Å². The van der Waals surface area contributed by atoms with E-state index in [1.54, 1.807) is 0 Å². The first-order chi connectivity index (χ1) is 13.2. The molecule has 0 heterocycles. The van der Waals surface area contributed by atoms with Gasteiger partial charge in [-0.25, -0.2) is 0 Å². The number of unbranched alkanes of at least 4 members (excludes halogenated alkanes) is 11. The number of carbonyl (C=O) groups is 2. The van der Waals surface area contributed by atoms with Crippen molar-refractivity contribution in [3.05, 3.63) is 12.2 Å². The second kappa shape index (κ2) is 15.7. The van der Waals surface area contributed by atoms with Crippen LogP contribution in [0.2, 0.25) is 0 Å². The quantitative estimate of drug-likeness (QED) is 0.199. The van der Waals surface area contributed by atoms with Gasteiger partial charge in [-0.2, -0.15) is 0 Å². The normalized spacial score (nSPS) is 19.0. The number of methoxy groups -OCH3 is 1. The molecule has 4 heteroatoms. The third kappa shape index (κ3) is 10.6. The predicted molar refractivity (Wildman–Crippen MR) is 109 cm³/mol. The first-order valence-corrected chi connectivity index (χ1v) is 11.1. The maximum Gasteiger partial charge on any atom is 0.310 e. The average Bonchev–Trinajstić information content (AvgIpc) is 2.70. The van der Waals surface area contributed by atoms with Crippen LogP contribution in [-0.4, -0.2) is 25.7 Å². The molecule has 4 nitrogen and oxygen atoms in total. The van der Waals surface area contributed by atoms with Crippen LogP contribution in [0.15, 0.2) is 12.2 Å². The molecular weight excluding hydrogens is 340 g/mol. The molecule has 0 aromatic heterocycles. The van der Waals surface area contributed by atoms with Crippen LogP contribution in [0.4, 0.5) is 0 Å². The van der Waals surface area contributed by atoms with Crippen molar-refractivity contribution in [1.29, 1.82) is 0 Å². The van der Waals surface area contributed by atoms with Gasteiger partial charge >= 0.3 is 11.9 Å². The van der Waals surface area contributed by atoms with Gasteiger partial charge in [-0.05, 0) is 19.3 Å². The van der Waals surface area contributed by atoms with Gasteiger partial charge in [0.15, 0.2) is 0 Å². The average molecular weight is 381 g/mol. The van der Waals surface area contributed by atoms with Crippen molar-refractivity contribution in [3.8, 4) is 0 Å². The SMILES string of the molecule is CCCCCCCCCCCCCCOC(=O)C1CC=CCC1C(=O)OC. The molecule has 2 atom stereocenters. The summed E-state index contributed by atoms with van der Waals surface area (Å²) >= 11 is 0. The monoisotopic (exact) mass is 380 g/mol. The summed E-state index contributed by atoms with van der Waals surface area (Å²) in [5.74, 6) is -1.35. The maximum absolute atomic E-state index is 12.3. The number of allylic oxidation sites excluding steroid dienone is 2. The molecule has 0 spiro atoms. The Kier molecular flexibility index (Phi) is 13.8. The lowest BCUT2D eigenvalue weighted by Crippen LogP contribution is -2.33. The molecule has 0 saturated heterocycles. The Hall–Kier alpha value is -1.32. The van der Waals surface area contributed by atoms with E-state index in [4.69, 9.17) is 9.47 Å². The van der Waals surface area contributed by atoms with E-state index in [1.807, 2.05) is 12.2 Å². The molecule has 0 aromatic rings. The van der Waals surface area contributed by atoms with Crippen molar-refractivity contribution in [2.75, 3.05) is 13.7 Å². The summed E-state index contributed by atoms with van der Waals surface area (Å²) in [4.78, 5) is 24.1. The highest BCUT2D eigenvalue weighted by Gasteiger charge is 2.35. The topological polar surface area (TPSA) is 52.6 Å². The summed E-state index contributed by atoms with van der Waals surface area (Å²) in [6.45, 7) is 2.72. The van der Waals surface area contributed by atoms with Crippen LogP contribution >= 0.6 is 0 Å². The first-order valence-electron chi connectivity index (χ1n) is 11.1. The lowest BCUT2D eigenvalue weighted by molar-refractivity contribution is -0.159. The van der Waals surface area contributed by atoms with Crippen LogP contribution in [0.3, 0.4) is 0 Å². The summed E-state index contributed by atoms with van der Waals surface area (Å²) in [6, 6.07) is 0. The van der Waals surface area contributed by atoms with Crippen molar-refractivity contribution in [1.82, 2.24) is 0 Å². The number of carbonyl (C=O) groups excluding carboxylic acids is 2. The van der Waals surface area contributed by atoms with Crippen LogP contribution in [0, 0.1) is 11.8 Å². The molecule has 1 aliphatic rings. The minimum atomic E-state index is -0.394. The van der Waals surface area contributed by atoms with Crippen molar-refractivity contribution in [3.63, 3.8) is 0 Å². The van der Waals surface area contributed by atoms with Crippen LogP contribution in [0.1, 0.15) is 96.8 Å². The molecule has 0 amide bonds. The molecule has 0 fully saturated rings. The minimum absolute atomic E-state index is 0.252. The van der Waals surface area contributed by atoms with E-state index in [-0.39, 0.29) is 17.9 Å². The highest BCUT2D eigenvalue weighted by atomic mass is 16.5. The van der Waals surface area contributed by atoms with E-state index in [9.17, 15) is 9.59 Å². The summed E-state index contributed by atoms with van der Waals surface area (Å²) in [7, 11) is 1.37.